The third-order valence-corrected chi connectivity index (χ3v) is 2.28. The monoisotopic (exact) mass is 267 g/mol. The number of carbonyl (C=O) groups is 1. The Morgan fingerprint density at radius 1 is 1.42 bits per heavy atom. The van der Waals surface area contributed by atoms with E-state index in [0.29, 0.717) is 31.3 Å². The molecule has 0 atom stereocenters. The minimum absolute atomic E-state index is 0.107. The SMILES string of the molecule is CCCOc1cccnc1NCC(=O)NCCOC. The van der Waals surface area contributed by atoms with Crippen LogP contribution in [0.15, 0.2) is 18.3 Å². The van der Waals surface area contributed by atoms with Crippen LogP contribution in [-0.4, -0.2) is 44.3 Å². The first kappa shape index (κ1) is 15.2. The molecule has 0 saturated carbocycles. The van der Waals surface area contributed by atoms with Crippen LogP contribution in [0.5, 0.6) is 5.75 Å². The second-order valence-electron chi connectivity index (χ2n) is 3.89. The smallest absolute Gasteiger partial charge is 0.239 e. The van der Waals surface area contributed by atoms with Gasteiger partial charge >= 0.3 is 0 Å². The molecule has 1 aromatic heterocycles. The molecule has 0 spiro atoms. The predicted octanol–water partition coefficient (Wildman–Crippen LogP) is 1.04. The summed E-state index contributed by atoms with van der Waals surface area (Å²) in [6, 6.07) is 3.63. The van der Waals surface area contributed by atoms with E-state index in [-0.39, 0.29) is 12.5 Å². The number of nitrogens with one attached hydrogen (secondary N) is 2. The highest BCUT2D eigenvalue weighted by molar-refractivity contribution is 5.80. The van der Waals surface area contributed by atoms with Gasteiger partial charge in [-0.3, -0.25) is 4.79 Å². The standard InChI is InChI=1S/C13H21N3O3/c1-3-8-19-11-5-4-6-15-13(11)16-10-12(17)14-7-9-18-2/h4-6H,3,7-10H2,1-2H3,(H,14,17)(H,15,16). The molecule has 0 saturated heterocycles. The van der Waals surface area contributed by atoms with E-state index in [2.05, 4.69) is 15.6 Å². The van der Waals surface area contributed by atoms with Gasteiger partial charge in [-0.1, -0.05) is 6.92 Å². The summed E-state index contributed by atoms with van der Waals surface area (Å²) in [6.07, 6.45) is 2.58. The van der Waals surface area contributed by atoms with Gasteiger partial charge in [-0.2, -0.15) is 0 Å². The first-order chi connectivity index (χ1) is 9.27. The van der Waals surface area contributed by atoms with Gasteiger partial charge in [0.15, 0.2) is 11.6 Å². The molecule has 1 amide bonds. The van der Waals surface area contributed by atoms with E-state index in [1.54, 1.807) is 19.4 Å². The predicted molar refractivity (Wildman–Crippen MR) is 73.4 cm³/mol. The lowest BCUT2D eigenvalue weighted by Crippen LogP contribution is -2.32. The maximum atomic E-state index is 11.5. The second-order valence-corrected chi connectivity index (χ2v) is 3.89. The zero-order valence-electron chi connectivity index (χ0n) is 11.4. The van der Waals surface area contributed by atoms with E-state index in [9.17, 15) is 4.79 Å². The molecule has 6 nitrogen and oxygen atoms in total. The molecule has 1 rings (SSSR count). The quantitative estimate of drug-likeness (QED) is 0.654. The molecule has 106 valence electrons. The Balaban J connectivity index is 2.41. The number of anilines is 1. The number of hydrogen-bond acceptors (Lipinski definition) is 5. The maximum Gasteiger partial charge on any atom is 0.239 e. The topological polar surface area (TPSA) is 72.5 Å². The number of methoxy groups -OCH3 is 1. The van der Waals surface area contributed by atoms with Gasteiger partial charge in [0, 0.05) is 19.9 Å². The zero-order chi connectivity index (χ0) is 13.9. The second kappa shape index (κ2) is 9.16. The van der Waals surface area contributed by atoms with Crippen LogP contribution in [-0.2, 0) is 9.53 Å². The molecule has 0 fully saturated rings. The first-order valence-corrected chi connectivity index (χ1v) is 6.35. The van der Waals surface area contributed by atoms with E-state index in [1.165, 1.54) is 0 Å². The molecule has 0 radical (unpaired) electrons. The minimum atomic E-state index is -0.107. The number of amides is 1. The van der Waals surface area contributed by atoms with Crippen molar-refractivity contribution in [2.75, 3.05) is 38.7 Å². The van der Waals surface area contributed by atoms with Crippen LogP contribution in [0.2, 0.25) is 0 Å². The van der Waals surface area contributed by atoms with Crippen molar-refractivity contribution in [3.63, 3.8) is 0 Å². The fourth-order valence-corrected chi connectivity index (χ4v) is 1.37. The van der Waals surface area contributed by atoms with Gasteiger partial charge in [0.1, 0.15) is 0 Å². The van der Waals surface area contributed by atoms with Crippen molar-refractivity contribution in [3.8, 4) is 5.75 Å². The van der Waals surface area contributed by atoms with Crippen molar-refractivity contribution in [3.05, 3.63) is 18.3 Å². The molecule has 0 bridgehead atoms. The summed E-state index contributed by atoms with van der Waals surface area (Å²) in [5.41, 5.74) is 0. The van der Waals surface area contributed by atoms with Crippen LogP contribution in [0.3, 0.4) is 0 Å². The Bertz CT molecular complexity index is 385. The summed E-state index contributed by atoms with van der Waals surface area (Å²) >= 11 is 0. The van der Waals surface area contributed by atoms with Crippen molar-refractivity contribution < 1.29 is 14.3 Å². The fourth-order valence-electron chi connectivity index (χ4n) is 1.37. The third-order valence-electron chi connectivity index (χ3n) is 2.28. The van der Waals surface area contributed by atoms with E-state index in [0.717, 1.165) is 6.42 Å². The fraction of sp³-hybridized carbons (Fsp3) is 0.538. The van der Waals surface area contributed by atoms with Crippen molar-refractivity contribution >= 4 is 11.7 Å². The highest BCUT2D eigenvalue weighted by Crippen LogP contribution is 2.20. The number of rotatable bonds is 9. The van der Waals surface area contributed by atoms with Crippen molar-refractivity contribution in [2.24, 2.45) is 0 Å². The summed E-state index contributed by atoms with van der Waals surface area (Å²) < 4.78 is 10.4. The van der Waals surface area contributed by atoms with Crippen LogP contribution < -0.4 is 15.4 Å². The molecule has 0 aromatic carbocycles. The van der Waals surface area contributed by atoms with Crippen LogP contribution in [0, 0.1) is 0 Å². The minimum Gasteiger partial charge on any atom is -0.490 e. The number of hydrogen-bond donors (Lipinski definition) is 2. The number of ether oxygens (including phenoxy) is 2. The molecule has 2 N–H and O–H groups in total. The summed E-state index contributed by atoms with van der Waals surface area (Å²) in [5.74, 6) is 1.14. The van der Waals surface area contributed by atoms with Gasteiger partial charge in [0.25, 0.3) is 0 Å². The molecule has 0 unspecified atom stereocenters. The van der Waals surface area contributed by atoms with Gasteiger partial charge in [-0.25, -0.2) is 4.98 Å². The Labute approximate surface area is 113 Å². The third kappa shape index (κ3) is 6.05. The lowest BCUT2D eigenvalue weighted by Gasteiger charge is -2.11. The summed E-state index contributed by atoms with van der Waals surface area (Å²) in [7, 11) is 1.59. The van der Waals surface area contributed by atoms with E-state index in [1.807, 2.05) is 13.0 Å². The van der Waals surface area contributed by atoms with Gasteiger partial charge in [0.2, 0.25) is 5.91 Å². The number of carbonyl (C=O) groups excluding carboxylic acids is 1. The van der Waals surface area contributed by atoms with E-state index in [4.69, 9.17) is 9.47 Å². The van der Waals surface area contributed by atoms with Gasteiger partial charge in [0.05, 0.1) is 19.8 Å². The molecule has 0 aliphatic heterocycles. The number of pyridine rings is 1. The molecule has 1 heterocycles. The lowest BCUT2D eigenvalue weighted by atomic mass is 10.4. The Kier molecular flexibility index (Phi) is 7.34. The lowest BCUT2D eigenvalue weighted by molar-refractivity contribution is -0.119. The summed E-state index contributed by atoms with van der Waals surface area (Å²) in [5, 5.41) is 5.68. The van der Waals surface area contributed by atoms with E-state index < -0.39 is 0 Å². The van der Waals surface area contributed by atoms with E-state index >= 15 is 0 Å². The number of aromatic nitrogens is 1. The van der Waals surface area contributed by atoms with Crippen LogP contribution in [0.1, 0.15) is 13.3 Å². The summed E-state index contributed by atoms with van der Waals surface area (Å²) in [6.45, 7) is 3.81. The van der Waals surface area contributed by atoms with Crippen LogP contribution in [0.25, 0.3) is 0 Å². The number of nitrogens with zero attached hydrogens (tertiary/aromatic N) is 1. The maximum absolute atomic E-state index is 11.5. The van der Waals surface area contributed by atoms with Crippen molar-refractivity contribution in [2.45, 2.75) is 13.3 Å². The normalized spacial score (nSPS) is 10.0. The molecule has 1 aromatic rings. The molecular formula is C13H21N3O3. The van der Waals surface area contributed by atoms with Gasteiger partial charge in [-0.05, 0) is 18.6 Å². The van der Waals surface area contributed by atoms with Gasteiger partial charge < -0.3 is 20.1 Å². The Morgan fingerprint density at radius 3 is 3.00 bits per heavy atom. The largest absolute Gasteiger partial charge is 0.490 e. The highest BCUT2D eigenvalue weighted by atomic mass is 16.5. The molecule has 6 heteroatoms. The van der Waals surface area contributed by atoms with Crippen molar-refractivity contribution in [1.82, 2.24) is 10.3 Å². The Hall–Kier alpha value is -1.82. The molecule has 0 aliphatic rings. The van der Waals surface area contributed by atoms with Gasteiger partial charge in [-0.15, -0.1) is 0 Å². The van der Waals surface area contributed by atoms with Crippen LogP contribution >= 0.6 is 0 Å². The first-order valence-electron chi connectivity index (χ1n) is 6.35. The molecule has 0 aliphatic carbocycles. The molecular weight excluding hydrogens is 246 g/mol. The average Bonchev–Trinajstić information content (AvgIpc) is 2.44. The van der Waals surface area contributed by atoms with Crippen LogP contribution in [0.4, 0.5) is 5.82 Å². The average molecular weight is 267 g/mol. The van der Waals surface area contributed by atoms with Crippen molar-refractivity contribution in [1.29, 1.82) is 0 Å². The highest BCUT2D eigenvalue weighted by Gasteiger charge is 2.06. The zero-order valence-corrected chi connectivity index (χ0v) is 11.4. The molecule has 19 heavy (non-hydrogen) atoms. The Morgan fingerprint density at radius 2 is 2.26 bits per heavy atom. The summed E-state index contributed by atoms with van der Waals surface area (Å²) in [4.78, 5) is 15.7.